The Hall–Kier alpha value is -0.940. The Kier molecular flexibility index (Phi) is 3.60. The van der Waals surface area contributed by atoms with Crippen LogP contribution in [0, 0.1) is 5.82 Å². The van der Waals surface area contributed by atoms with Gasteiger partial charge in [-0.05, 0) is 18.2 Å². The topological polar surface area (TPSA) is 32.3 Å². The van der Waals surface area contributed by atoms with Crippen LogP contribution in [0.5, 0.6) is 0 Å². The lowest BCUT2D eigenvalue weighted by Crippen LogP contribution is -2.36. The first-order valence-corrected chi connectivity index (χ1v) is 4.73. The first-order valence-electron chi connectivity index (χ1n) is 3.94. The normalized spacial score (nSPS) is 10.4. The first-order chi connectivity index (χ1) is 6.50. The van der Waals surface area contributed by atoms with E-state index in [1.54, 1.807) is 20.2 Å². The summed E-state index contributed by atoms with van der Waals surface area (Å²) in [5.41, 5.74) is 2.49. The van der Waals surface area contributed by atoms with Gasteiger partial charge in [0.25, 0.3) is 5.91 Å². The quantitative estimate of drug-likeness (QED) is 0.823. The molecule has 0 unspecified atom stereocenters. The summed E-state index contributed by atoms with van der Waals surface area (Å²) in [5, 5.41) is 1.46. The molecular formula is C9H10BrFN2O. The fourth-order valence-electron chi connectivity index (χ4n) is 0.937. The van der Waals surface area contributed by atoms with Crippen LogP contribution in [-0.4, -0.2) is 25.0 Å². The van der Waals surface area contributed by atoms with Gasteiger partial charge in [0, 0.05) is 18.6 Å². The van der Waals surface area contributed by atoms with E-state index in [4.69, 9.17) is 0 Å². The van der Waals surface area contributed by atoms with Crippen molar-refractivity contribution in [3.8, 4) is 0 Å². The van der Waals surface area contributed by atoms with Gasteiger partial charge < -0.3 is 0 Å². The molecule has 0 saturated heterocycles. The molecule has 0 aliphatic rings. The number of carbonyl (C=O) groups is 1. The zero-order valence-electron chi connectivity index (χ0n) is 7.84. The zero-order valence-corrected chi connectivity index (χ0v) is 9.43. The van der Waals surface area contributed by atoms with Crippen molar-refractivity contribution in [1.82, 2.24) is 10.4 Å². The molecule has 1 amide bonds. The van der Waals surface area contributed by atoms with Crippen LogP contribution < -0.4 is 5.43 Å². The lowest BCUT2D eigenvalue weighted by Gasteiger charge is -2.12. The fourth-order valence-corrected chi connectivity index (χ4v) is 1.27. The number of hydrogen-bond acceptors (Lipinski definition) is 2. The van der Waals surface area contributed by atoms with Gasteiger partial charge in [-0.3, -0.25) is 10.2 Å². The molecule has 0 fully saturated rings. The van der Waals surface area contributed by atoms with Gasteiger partial charge in [-0.15, -0.1) is 0 Å². The van der Waals surface area contributed by atoms with E-state index in [0.29, 0.717) is 4.47 Å². The third-order valence-corrected chi connectivity index (χ3v) is 1.99. The predicted molar refractivity (Wildman–Crippen MR) is 55.3 cm³/mol. The van der Waals surface area contributed by atoms with Crippen LogP contribution in [0.1, 0.15) is 10.4 Å². The highest BCUT2D eigenvalue weighted by Gasteiger charge is 2.11. The molecule has 1 rings (SSSR count). The van der Waals surface area contributed by atoms with E-state index in [2.05, 4.69) is 21.4 Å². The van der Waals surface area contributed by atoms with Crippen molar-refractivity contribution in [3.05, 3.63) is 34.1 Å². The summed E-state index contributed by atoms with van der Waals surface area (Å²) >= 11 is 3.11. The number of nitrogens with one attached hydrogen (secondary N) is 1. The lowest BCUT2D eigenvalue weighted by molar-refractivity contribution is 0.0852. The van der Waals surface area contributed by atoms with E-state index in [1.807, 2.05) is 0 Å². The highest BCUT2D eigenvalue weighted by Crippen LogP contribution is 2.14. The number of amides is 1. The molecule has 5 heteroatoms. The Morgan fingerprint density at radius 2 is 2.14 bits per heavy atom. The molecule has 0 aromatic heterocycles. The highest BCUT2D eigenvalue weighted by atomic mass is 79.9. The number of hydrazine groups is 1. The van der Waals surface area contributed by atoms with Crippen LogP contribution in [0.2, 0.25) is 0 Å². The standard InChI is InChI=1S/C9H10BrFN2O/c1-13(2)12-9(14)7-4-3-6(10)5-8(7)11/h3-5H,1-2H3,(H,12,14). The fraction of sp³-hybridized carbons (Fsp3) is 0.222. The van der Waals surface area contributed by atoms with Crippen LogP contribution in [0.3, 0.4) is 0 Å². The molecule has 76 valence electrons. The van der Waals surface area contributed by atoms with Crippen molar-refractivity contribution in [2.24, 2.45) is 0 Å². The average Bonchev–Trinajstić information content (AvgIpc) is 2.01. The Morgan fingerprint density at radius 1 is 1.50 bits per heavy atom. The minimum atomic E-state index is -0.543. The molecule has 0 heterocycles. The number of rotatable bonds is 2. The van der Waals surface area contributed by atoms with Gasteiger partial charge in [0.15, 0.2) is 0 Å². The molecule has 0 bridgehead atoms. The van der Waals surface area contributed by atoms with E-state index < -0.39 is 11.7 Å². The maximum absolute atomic E-state index is 13.2. The van der Waals surface area contributed by atoms with E-state index in [9.17, 15) is 9.18 Å². The van der Waals surface area contributed by atoms with Gasteiger partial charge in [0.2, 0.25) is 0 Å². The second-order valence-electron chi connectivity index (χ2n) is 2.96. The zero-order chi connectivity index (χ0) is 10.7. The molecule has 0 atom stereocenters. The molecule has 1 N–H and O–H groups in total. The van der Waals surface area contributed by atoms with Gasteiger partial charge >= 0.3 is 0 Å². The monoisotopic (exact) mass is 260 g/mol. The smallest absolute Gasteiger partial charge is 0.268 e. The second kappa shape index (κ2) is 4.52. The summed E-state index contributed by atoms with van der Waals surface area (Å²) in [6.07, 6.45) is 0. The van der Waals surface area contributed by atoms with Crippen molar-refractivity contribution < 1.29 is 9.18 Å². The van der Waals surface area contributed by atoms with Crippen LogP contribution in [0.4, 0.5) is 4.39 Å². The summed E-state index contributed by atoms with van der Waals surface area (Å²) in [6, 6.07) is 4.30. The maximum Gasteiger partial charge on any atom is 0.268 e. The molecule has 1 aromatic carbocycles. The summed E-state index contributed by atoms with van der Waals surface area (Å²) in [6.45, 7) is 0. The summed E-state index contributed by atoms with van der Waals surface area (Å²) in [7, 11) is 3.32. The number of nitrogens with zero attached hydrogens (tertiary/aromatic N) is 1. The average molecular weight is 261 g/mol. The van der Waals surface area contributed by atoms with E-state index in [-0.39, 0.29) is 5.56 Å². The Morgan fingerprint density at radius 3 is 2.64 bits per heavy atom. The lowest BCUT2D eigenvalue weighted by atomic mass is 10.2. The van der Waals surface area contributed by atoms with E-state index >= 15 is 0 Å². The first kappa shape index (κ1) is 11.1. The van der Waals surface area contributed by atoms with Gasteiger partial charge in [-0.1, -0.05) is 15.9 Å². The van der Waals surface area contributed by atoms with Crippen LogP contribution in [0.15, 0.2) is 22.7 Å². The molecule has 0 saturated carbocycles. The SMILES string of the molecule is CN(C)NC(=O)c1ccc(Br)cc1F. The number of carbonyl (C=O) groups excluding carboxylic acids is 1. The molecular weight excluding hydrogens is 251 g/mol. The predicted octanol–water partition coefficient (Wildman–Crippen LogP) is 1.79. The molecule has 0 aliphatic heterocycles. The molecule has 14 heavy (non-hydrogen) atoms. The Balaban J connectivity index is 2.90. The van der Waals surface area contributed by atoms with Gasteiger partial charge in [-0.25, -0.2) is 9.40 Å². The third-order valence-electron chi connectivity index (χ3n) is 1.50. The van der Waals surface area contributed by atoms with Crippen LogP contribution >= 0.6 is 15.9 Å². The number of halogens is 2. The van der Waals surface area contributed by atoms with E-state index in [0.717, 1.165) is 0 Å². The Labute approximate surface area is 90.0 Å². The maximum atomic E-state index is 13.2. The minimum Gasteiger partial charge on any atom is -0.285 e. The van der Waals surface area contributed by atoms with E-state index in [1.165, 1.54) is 17.1 Å². The minimum absolute atomic E-state index is 0.0295. The molecule has 3 nitrogen and oxygen atoms in total. The third kappa shape index (κ3) is 2.78. The van der Waals surface area contributed by atoms with Gasteiger partial charge in [-0.2, -0.15) is 0 Å². The molecule has 0 radical (unpaired) electrons. The van der Waals surface area contributed by atoms with Crippen molar-refractivity contribution in [3.63, 3.8) is 0 Å². The van der Waals surface area contributed by atoms with Crippen molar-refractivity contribution in [2.45, 2.75) is 0 Å². The van der Waals surface area contributed by atoms with Gasteiger partial charge in [0.05, 0.1) is 5.56 Å². The summed E-state index contributed by atoms with van der Waals surface area (Å²) < 4.78 is 13.8. The molecule has 0 spiro atoms. The van der Waals surface area contributed by atoms with Crippen molar-refractivity contribution >= 4 is 21.8 Å². The van der Waals surface area contributed by atoms with Crippen molar-refractivity contribution in [1.29, 1.82) is 0 Å². The van der Waals surface area contributed by atoms with Crippen LogP contribution in [-0.2, 0) is 0 Å². The molecule has 0 aliphatic carbocycles. The highest BCUT2D eigenvalue weighted by molar-refractivity contribution is 9.10. The molecule has 1 aromatic rings. The number of benzene rings is 1. The van der Waals surface area contributed by atoms with Crippen LogP contribution in [0.25, 0.3) is 0 Å². The van der Waals surface area contributed by atoms with Gasteiger partial charge in [0.1, 0.15) is 5.82 Å². The summed E-state index contributed by atoms with van der Waals surface area (Å²) in [5.74, 6) is -1.00. The second-order valence-corrected chi connectivity index (χ2v) is 3.88. The summed E-state index contributed by atoms with van der Waals surface area (Å²) in [4.78, 5) is 11.4. The number of hydrogen-bond donors (Lipinski definition) is 1. The largest absolute Gasteiger partial charge is 0.285 e. The Bertz CT molecular complexity index is 355. The van der Waals surface area contributed by atoms with Crippen molar-refractivity contribution in [2.75, 3.05) is 14.1 Å².